The minimum Gasteiger partial charge on any atom is -0.491 e. The van der Waals surface area contributed by atoms with Crippen LogP contribution in [0.2, 0.25) is 0 Å². The molecule has 0 saturated heterocycles. The van der Waals surface area contributed by atoms with E-state index in [0.717, 1.165) is 21.7 Å². The number of primary amides is 1. The number of fused-ring (bicyclic) bond motifs is 1. The molecule has 0 radical (unpaired) electrons. The van der Waals surface area contributed by atoms with Gasteiger partial charge in [0.2, 0.25) is 0 Å². The fourth-order valence-electron chi connectivity index (χ4n) is 3.61. The molecule has 31 heavy (non-hydrogen) atoms. The first kappa shape index (κ1) is 22.7. The molecule has 1 amide bonds. The number of benzene rings is 2. The van der Waals surface area contributed by atoms with Crippen molar-refractivity contribution < 1.29 is 30.0 Å². The molecule has 0 bridgehead atoms. The molecule has 0 fully saturated rings. The number of hydrogen-bond acceptors (Lipinski definition) is 7. The van der Waals surface area contributed by atoms with Gasteiger partial charge in [-0.3, -0.25) is 4.79 Å². The lowest BCUT2D eigenvalue weighted by Crippen LogP contribution is -2.50. The average Bonchev–Trinajstić information content (AvgIpc) is 2.97. The number of nitrogens with two attached hydrogens (primary N) is 1. The lowest BCUT2D eigenvalue weighted by molar-refractivity contribution is -0.390. The van der Waals surface area contributed by atoms with Gasteiger partial charge >= 0.3 is 6.10 Å². The van der Waals surface area contributed by atoms with E-state index < -0.39 is 18.1 Å². The Hall–Kier alpha value is -2.95. The van der Waals surface area contributed by atoms with Crippen molar-refractivity contribution in [3.8, 4) is 11.4 Å². The zero-order valence-electron chi connectivity index (χ0n) is 17.6. The van der Waals surface area contributed by atoms with Crippen molar-refractivity contribution in [1.82, 2.24) is 9.47 Å². The Morgan fingerprint density at radius 1 is 1.19 bits per heavy atom. The molecule has 166 valence electrons. The Morgan fingerprint density at radius 2 is 1.87 bits per heavy atom. The van der Waals surface area contributed by atoms with Gasteiger partial charge in [0.25, 0.3) is 5.91 Å². The van der Waals surface area contributed by atoms with Gasteiger partial charge in [-0.25, -0.2) is 4.90 Å². The summed E-state index contributed by atoms with van der Waals surface area (Å²) in [4.78, 5) is 13.0. The Labute approximate surface area is 179 Å². The SMILES string of the molecule is Cc1ccccc1-n1c(C)c(C(N)=O)c2cc(OCC(O)CN(C)C(O)(O)O)ccc21. The molecule has 0 saturated carbocycles. The van der Waals surface area contributed by atoms with Gasteiger partial charge in [0.1, 0.15) is 18.5 Å². The van der Waals surface area contributed by atoms with E-state index in [2.05, 4.69) is 0 Å². The summed E-state index contributed by atoms with van der Waals surface area (Å²) in [6.45, 7) is 3.40. The Balaban J connectivity index is 1.93. The molecule has 2 aromatic carbocycles. The molecule has 1 atom stereocenters. The summed E-state index contributed by atoms with van der Waals surface area (Å²) in [6.07, 6.45) is -4.15. The first-order valence-electron chi connectivity index (χ1n) is 9.70. The highest BCUT2D eigenvalue weighted by Gasteiger charge is 2.27. The number of aryl methyl sites for hydroxylation is 1. The smallest absolute Gasteiger partial charge is 0.345 e. The van der Waals surface area contributed by atoms with Crippen LogP contribution >= 0.6 is 0 Å². The summed E-state index contributed by atoms with van der Waals surface area (Å²) >= 11 is 0. The second-order valence-electron chi connectivity index (χ2n) is 7.57. The number of aliphatic hydroxyl groups excluding tert-OH is 1. The largest absolute Gasteiger partial charge is 0.491 e. The molecule has 0 aliphatic heterocycles. The molecule has 0 aliphatic carbocycles. The summed E-state index contributed by atoms with van der Waals surface area (Å²) in [5, 5.41) is 38.0. The highest BCUT2D eigenvalue weighted by Crippen LogP contribution is 2.32. The fourth-order valence-corrected chi connectivity index (χ4v) is 3.61. The van der Waals surface area contributed by atoms with Crippen molar-refractivity contribution in [2.45, 2.75) is 26.0 Å². The van der Waals surface area contributed by atoms with Crippen molar-refractivity contribution in [2.24, 2.45) is 5.73 Å². The van der Waals surface area contributed by atoms with Crippen LogP contribution in [0, 0.1) is 13.8 Å². The van der Waals surface area contributed by atoms with Crippen molar-refractivity contribution >= 4 is 16.8 Å². The highest BCUT2D eigenvalue weighted by molar-refractivity contribution is 6.08. The molecule has 1 unspecified atom stereocenters. The average molecular weight is 429 g/mol. The molecule has 6 N–H and O–H groups in total. The van der Waals surface area contributed by atoms with Crippen LogP contribution in [0.25, 0.3) is 16.6 Å². The highest BCUT2D eigenvalue weighted by atomic mass is 16.7. The molecule has 0 aliphatic rings. The van der Waals surface area contributed by atoms with Gasteiger partial charge in [-0.2, -0.15) is 0 Å². The third-order valence-corrected chi connectivity index (χ3v) is 5.22. The van der Waals surface area contributed by atoms with Crippen LogP contribution in [0.5, 0.6) is 5.75 Å². The number of para-hydroxylation sites is 1. The Morgan fingerprint density at radius 3 is 2.48 bits per heavy atom. The van der Waals surface area contributed by atoms with Crippen LogP contribution in [0.1, 0.15) is 21.6 Å². The predicted octanol–water partition coefficient (Wildman–Crippen LogP) is 0.606. The van der Waals surface area contributed by atoms with E-state index in [1.807, 2.05) is 48.7 Å². The summed E-state index contributed by atoms with van der Waals surface area (Å²) in [5.41, 5.74) is 9.53. The van der Waals surface area contributed by atoms with Crippen LogP contribution in [0.4, 0.5) is 0 Å². The molecule has 1 heterocycles. The molecule has 0 spiro atoms. The number of rotatable bonds is 8. The number of aliphatic hydroxyl groups is 4. The number of carbonyl (C=O) groups is 1. The normalized spacial score (nSPS) is 13.0. The first-order valence-corrected chi connectivity index (χ1v) is 9.70. The maximum absolute atomic E-state index is 12.2. The van der Waals surface area contributed by atoms with Gasteiger partial charge in [-0.15, -0.1) is 0 Å². The molecule has 9 nitrogen and oxygen atoms in total. The lowest BCUT2D eigenvalue weighted by Gasteiger charge is -2.27. The van der Waals surface area contributed by atoms with Crippen molar-refractivity contribution in [2.75, 3.05) is 20.2 Å². The summed E-state index contributed by atoms with van der Waals surface area (Å²) < 4.78 is 7.59. The van der Waals surface area contributed by atoms with E-state index >= 15 is 0 Å². The first-order chi connectivity index (χ1) is 14.5. The number of amides is 1. The number of ether oxygens (including phenoxy) is 1. The van der Waals surface area contributed by atoms with Crippen LogP contribution in [-0.4, -0.2) is 68.2 Å². The number of likely N-dealkylation sites (N-methyl/N-ethyl adjacent to an activating group) is 1. The summed E-state index contributed by atoms with van der Waals surface area (Å²) in [5.74, 6) is -0.152. The maximum Gasteiger partial charge on any atom is 0.345 e. The number of nitrogens with zero attached hydrogens (tertiary/aromatic N) is 2. The number of hydrogen-bond donors (Lipinski definition) is 5. The zero-order valence-corrected chi connectivity index (χ0v) is 17.6. The molecule has 3 aromatic rings. The van der Waals surface area contributed by atoms with E-state index in [9.17, 15) is 9.90 Å². The van der Waals surface area contributed by atoms with Crippen molar-refractivity contribution in [3.63, 3.8) is 0 Å². The standard InChI is InChI=1S/C22H27N3O6/c1-13-6-4-5-7-18(13)25-14(2)20(21(23)27)17-10-16(8-9-19(17)25)31-12-15(26)11-24(3)22(28,29)30/h4-10,15,26,28-30H,11-12H2,1-3H3,(H2,23,27). The fraction of sp³-hybridized carbons (Fsp3) is 0.318. The third kappa shape index (κ3) is 4.71. The van der Waals surface area contributed by atoms with Gasteiger partial charge in [0, 0.05) is 23.3 Å². The van der Waals surface area contributed by atoms with Crippen LogP contribution in [0.3, 0.4) is 0 Å². The van der Waals surface area contributed by atoms with E-state index in [-0.39, 0.29) is 13.2 Å². The topological polar surface area (TPSA) is 141 Å². The van der Waals surface area contributed by atoms with Crippen molar-refractivity contribution in [1.29, 1.82) is 0 Å². The van der Waals surface area contributed by atoms with Gasteiger partial charge in [0.05, 0.1) is 11.1 Å². The minimum atomic E-state index is -3.04. The Bertz CT molecular complexity index is 1100. The summed E-state index contributed by atoms with van der Waals surface area (Å²) in [6, 6.07) is 13.0. The molecular formula is C22H27N3O6. The second-order valence-corrected chi connectivity index (χ2v) is 7.57. The van der Waals surface area contributed by atoms with E-state index in [0.29, 0.717) is 22.4 Å². The second kappa shape index (κ2) is 8.66. The molecule has 3 rings (SSSR count). The van der Waals surface area contributed by atoms with Crippen LogP contribution < -0.4 is 10.5 Å². The van der Waals surface area contributed by atoms with E-state index in [1.165, 1.54) is 7.05 Å². The van der Waals surface area contributed by atoms with Crippen LogP contribution in [-0.2, 0) is 0 Å². The van der Waals surface area contributed by atoms with Gasteiger partial charge in [0.15, 0.2) is 0 Å². The zero-order chi connectivity index (χ0) is 22.9. The van der Waals surface area contributed by atoms with E-state index in [1.54, 1.807) is 12.1 Å². The van der Waals surface area contributed by atoms with Gasteiger partial charge in [-0.1, -0.05) is 18.2 Å². The van der Waals surface area contributed by atoms with E-state index in [4.69, 9.17) is 25.8 Å². The molecule has 1 aromatic heterocycles. The quantitative estimate of drug-likeness (QED) is 0.330. The Kier molecular flexibility index (Phi) is 6.35. The monoisotopic (exact) mass is 429 g/mol. The summed E-state index contributed by atoms with van der Waals surface area (Å²) in [7, 11) is 1.23. The van der Waals surface area contributed by atoms with Gasteiger partial charge in [-0.05, 0) is 50.7 Å². The maximum atomic E-state index is 12.2. The lowest BCUT2D eigenvalue weighted by atomic mass is 10.1. The van der Waals surface area contributed by atoms with Gasteiger partial charge < -0.3 is 35.5 Å². The third-order valence-electron chi connectivity index (χ3n) is 5.22. The minimum absolute atomic E-state index is 0.171. The molecular weight excluding hydrogens is 402 g/mol. The number of aromatic nitrogens is 1. The molecule has 9 heteroatoms. The number of carbonyl (C=O) groups excluding carboxylic acids is 1. The van der Waals surface area contributed by atoms with Crippen LogP contribution in [0.15, 0.2) is 42.5 Å². The predicted molar refractivity (Wildman–Crippen MR) is 115 cm³/mol. The van der Waals surface area contributed by atoms with Crippen molar-refractivity contribution in [3.05, 3.63) is 59.3 Å².